The van der Waals surface area contributed by atoms with Crippen LogP contribution in [0.5, 0.6) is 0 Å². The molecule has 1 aromatic rings. The minimum absolute atomic E-state index is 0. The number of carbonyl (C=O) groups is 2. The predicted molar refractivity (Wildman–Crippen MR) is 100 cm³/mol. The van der Waals surface area contributed by atoms with Crippen molar-refractivity contribution < 1.29 is 14.3 Å². The van der Waals surface area contributed by atoms with E-state index in [4.69, 9.17) is 4.74 Å². The molecule has 9 heteroatoms. The highest BCUT2D eigenvalue weighted by Crippen LogP contribution is 2.09. The first kappa shape index (κ1) is 23.6. The number of nitrogens with zero attached hydrogens (tertiary/aromatic N) is 2. The van der Waals surface area contributed by atoms with E-state index in [-0.39, 0.29) is 49.8 Å². The molecule has 1 aromatic heterocycles. The minimum Gasteiger partial charge on any atom is -0.362 e. The van der Waals surface area contributed by atoms with Crippen LogP contribution in [0.25, 0.3) is 0 Å². The van der Waals surface area contributed by atoms with Gasteiger partial charge in [-0.1, -0.05) is 6.07 Å². The number of hydrogen-bond acceptors (Lipinski definition) is 5. The van der Waals surface area contributed by atoms with Crippen LogP contribution in [0.3, 0.4) is 0 Å². The molecule has 0 aliphatic carbocycles. The first-order valence-electron chi connectivity index (χ1n) is 7.87. The third kappa shape index (κ3) is 8.49. The molecule has 7 nitrogen and oxygen atoms in total. The lowest BCUT2D eigenvalue weighted by atomic mass is 10.1. The monoisotopic (exact) mass is 392 g/mol. The second-order valence-corrected chi connectivity index (χ2v) is 5.60. The Kier molecular flexibility index (Phi) is 12.2. The first-order chi connectivity index (χ1) is 11.2. The van der Waals surface area contributed by atoms with Gasteiger partial charge in [0, 0.05) is 38.1 Å². The van der Waals surface area contributed by atoms with Gasteiger partial charge in [0.1, 0.15) is 13.2 Å². The minimum atomic E-state index is -0.242. The highest BCUT2D eigenvalue weighted by atomic mass is 35.5. The standard InChI is InChI=1S/C16H24N4O3.2ClH/c1-17-14-5-3-7-20(10-14)16(22)12-23-11-15(21)19-9-13-4-2-6-18-8-13;;/h2,4,6,8,14,17H,3,5,7,9-12H2,1H3,(H,19,21);2*1H. The fraction of sp³-hybridized carbons (Fsp3) is 0.562. The van der Waals surface area contributed by atoms with E-state index in [1.165, 1.54) is 0 Å². The number of pyridine rings is 1. The fourth-order valence-corrected chi connectivity index (χ4v) is 2.52. The van der Waals surface area contributed by atoms with Gasteiger partial charge in [-0.25, -0.2) is 0 Å². The van der Waals surface area contributed by atoms with Gasteiger partial charge in [-0.15, -0.1) is 24.8 Å². The van der Waals surface area contributed by atoms with E-state index in [9.17, 15) is 9.59 Å². The third-order valence-corrected chi connectivity index (χ3v) is 3.85. The Morgan fingerprint density at radius 3 is 2.84 bits per heavy atom. The van der Waals surface area contributed by atoms with Gasteiger partial charge in [0.25, 0.3) is 0 Å². The molecule has 142 valence electrons. The highest BCUT2D eigenvalue weighted by Gasteiger charge is 2.22. The van der Waals surface area contributed by atoms with E-state index >= 15 is 0 Å². The first-order valence-corrected chi connectivity index (χ1v) is 7.87. The number of halogens is 2. The molecule has 1 unspecified atom stereocenters. The van der Waals surface area contributed by atoms with Crippen LogP contribution in [0.1, 0.15) is 18.4 Å². The number of likely N-dealkylation sites (N-methyl/N-ethyl adjacent to an activating group) is 1. The summed E-state index contributed by atoms with van der Waals surface area (Å²) in [5.74, 6) is -0.307. The van der Waals surface area contributed by atoms with Gasteiger partial charge in [0.2, 0.25) is 11.8 Å². The number of nitrogens with one attached hydrogen (secondary N) is 2. The molecule has 2 heterocycles. The number of carbonyl (C=O) groups excluding carboxylic acids is 2. The molecule has 2 N–H and O–H groups in total. The number of amides is 2. The lowest BCUT2D eigenvalue weighted by molar-refractivity contribution is -0.139. The predicted octanol–water partition coefficient (Wildman–Crippen LogP) is 0.768. The molecular weight excluding hydrogens is 367 g/mol. The number of aromatic nitrogens is 1. The SMILES string of the molecule is CNC1CCCN(C(=O)COCC(=O)NCc2cccnc2)C1.Cl.Cl. The molecule has 0 bridgehead atoms. The van der Waals surface area contributed by atoms with Crippen LogP contribution in [-0.2, 0) is 20.9 Å². The Hall–Kier alpha value is -1.41. The van der Waals surface area contributed by atoms with Crippen LogP contribution in [-0.4, -0.2) is 61.1 Å². The average molecular weight is 393 g/mol. The van der Waals surface area contributed by atoms with Crippen LogP contribution in [0.15, 0.2) is 24.5 Å². The van der Waals surface area contributed by atoms with Crippen LogP contribution in [0, 0.1) is 0 Å². The Morgan fingerprint density at radius 1 is 1.36 bits per heavy atom. The maximum Gasteiger partial charge on any atom is 0.248 e. The number of rotatable bonds is 7. The molecular formula is C16H26Cl2N4O3. The van der Waals surface area contributed by atoms with Crippen molar-refractivity contribution >= 4 is 36.6 Å². The van der Waals surface area contributed by atoms with E-state index < -0.39 is 0 Å². The van der Waals surface area contributed by atoms with Gasteiger partial charge in [0.05, 0.1) is 0 Å². The molecule has 0 aromatic carbocycles. The summed E-state index contributed by atoms with van der Waals surface area (Å²) in [6.07, 6.45) is 5.44. The van der Waals surface area contributed by atoms with Crippen molar-refractivity contribution in [3.63, 3.8) is 0 Å². The molecule has 1 aliphatic heterocycles. The van der Waals surface area contributed by atoms with E-state index in [0.717, 1.165) is 24.9 Å². The zero-order chi connectivity index (χ0) is 16.5. The zero-order valence-electron chi connectivity index (χ0n) is 14.3. The summed E-state index contributed by atoms with van der Waals surface area (Å²) in [6, 6.07) is 4.04. The van der Waals surface area contributed by atoms with Crippen LogP contribution >= 0.6 is 24.8 Å². The van der Waals surface area contributed by atoms with Crippen LogP contribution in [0.4, 0.5) is 0 Å². The summed E-state index contributed by atoms with van der Waals surface area (Å²) in [5, 5.41) is 5.92. The van der Waals surface area contributed by atoms with E-state index in [2.05, 4.69) is 15.6 Å². The number of piperidine rings is 1. The topological polar surface area (TPSA) is 83.6 Å². The number of ether oxygens (including phenoxy) is 1. The molecule has 1 fully saturated rings. The average Bonchev–Trinajstić information content (AvgIpc) is 2.60. The van der Waals surface area contributed by atoms with Crippen molar-refractivity contribution in [3.05, 3.63) is 30.1 Å². The summed E-state index contributed by atoms with van der Waals surface area (Å²) in [7, 11) is 1.90. The largest absolute Gasteiger partial charge is 0.362 e. The van der Waals surface area contributed by atoms with Gasteiger partial charge >= 0.3 is 0 Å². The van der Waals surface area contributed by atoms with Crippen molar-refractivity contribution in [2.24, 2.45) is 0 Å². The third-order valence-electron chi connectivity index (χ3n) is 3.85. The molecule has 1 aliphatic rings. The maximum atomic E-state index is 12.1. The highest BCUT2D eigenvalue weighted by molar-refractivity contribution is 5.85. The second-order valence-electron chi connectivity index (χ2n) is 5.60. The van der Waals surface area contributed by atoms with Gasteiger partial charge in [-0.05, 0) is 31.5 Å². The van der Waals surface area contributed by atoms with Crippen molar-refractivity contribution in [2.75, 3.05) is 33.4 Å². The van der Waals surface area contributed by atoms with Crippen molar-refractivity contribution in [1.82, 2.24) is 20.5 Å². The molecule has 0 spiro atoms. The smallest absolute Gasteiger partial charge is 0.248 e. The van der Waals surface area contributed by atoms with Crippen LogP contribution < -0.4 is 10.6 Å². The summed E-state index contributed by atoms with van der Waals surface area (Å²) >= 11 is 0. The second kappa shape index (κ2) is 12.9. The summed E-state index contributed by atoms with van der Waals surface area (Å²) in [6.45, 7) is 1.69. The quantitative estimate of drug-likeness (QED) is 0.715. The Labute approximate surface area is 160 Å². The molecule has 2 amide bonds. The zero-order valence-corrected chi connectivity index (χ0v) is 15.9. The van der Waals surface area contributed by atoms with Crippen LogP contribution in [0.2, 0.25) is 0 Å². The van der Waals surface area contributed by atoms with Gasteiger partial charge < -0.3 is 20.3 Å². The molecule has 0 saturated carbocycles. The normalized spacial score (nSPS) is 16.4. The molecule has 25 heavy (non-hydrogen) atoms. The number of likely N-dealkylation sites (tertiary alicyclic amines) is 1. The van der Waals surface area contributed by atoms with Gasteiger partial charge in [-0.2, -0.15) is 0 Å². The summed E-state index contributed by atoms with van der Waals surface area (Å²) in [4.78, 5) is 29.5. The van der Waals surface area contributed by atoms with Gasteiger partial charge in [0.15, 0.2) is 0 Å². The molecule has 1 atom stereocenters. The lowest BCUT2D eigenvalue weighted by Gasteiger charge is -2.32. The Morgan fingerprint density at radius 2 is 2.16 bits per heavy atom. The van der Waals surface area contributed by atoms with E-state index in [0.29, 0.717) is 19.1 Å². The lowest BCUT2D eigenvalue weighted by Crippen LogP contribution is -2.48. The summed E-state index contributed by atoms with van der Waals surface area (Å²) < 4.78 is 5.23. The van der Waals surface area contributed by atoms with Crippen molar-refractivity contribution in [2.45, 2.75) is 25.4 Å². The molecule has 1 saturated heterocycles. The Balaban J connectivity index is 0.00000288. The van der Waals surface area contributed by atoms with E-state index in [1.807, 2.05) is 19.2 Å². The number of hydrogen-bond donors (Lipinski definition) is 2. The molecule has 2 rings (SSSR count). The van der Waals surface area contributed by atoms with Crippen molar-refractivity contribution in [3.8, 4) is 0 Å². The van der Waals surface area contributed by atoms with Gasteiger partial charge in [-0.3, -0.25) is 14.6 Å². The summed E-state index contributed by atoms with van der Waals surface area (Å²) in [5.41, 5.74) is 0.920. The molecule has 0 radical (unpaired) electrons. The Bertz CT molecular complexity index is 519. The van der Waals surface area contributed by atoms with E-state index in [1.54, 1.807) is 17.3 Å². The maximum absolute atomic E-state index is 12.1. The fourth-order valence-electron chi connectivity index (χ4n) is 2.52. The van der Waals surface area contributed by atoms with Crippen molar-refractivity contribution in [1.29, 1.82) is 0 Å².